The number of nitrogens with one attached hydrogen (secondary N) is 2. The molecule has 2 N–H and O–H groups in total. The standard InChI is InChI=1S/C19H33N3O2S/c1-4-5-6-7-8-9-10-15-21-19(20-2)22-16-17-11-13-18(14-12-17)25(3,23)24/h11-14H,4-10,15-16H2,1-3H3,(H2,20,21,22). The van der Waals surface area contributed by atoms with Crippen molar-refractivity contribution in [1.29, 1.82) is 0 Å². The summed E-state index contributed by atoms with van der Waals surface area (Å²) in [6.45, 7) is 3.77. The number of hydrogen-bond donors (Lipinski definition) is 2. The average molecular weight is 368 g/mol. The third kappa shape index (κ3) is 9.48. The van der Waals surface area contributed by atoms with Crippen LogP contribution in [0.15, 0.2) is 34.2 Å². The van der Waals surface area contributed by atoms with E-state index in [2.05, 4.69) is 22.5 Å². The van der Waals surface area contributed by atoms with Crippen molar-refractivity contribution in [3.05, 3.63) is 29.8 Å². The number of benzene rings is 1. The van der Waals surface area contributed by atoms with Crippen LogP contribution in [0.2, 0.25) is 0 Å². The van der Waals surface area contributed by atoms with Gasteiger partial charge in [-0.15, -0.1) is 0 Å². The Balaban J connectivity index is 2.24. The summed E-state index contributed by atoms with van der Waals surface area (Å²) in [6.07, 6.45) is 10.3. The highest BCUT2D eigenvalue weighted by Gasteiger charge is 2.06. The van der Waals surface area contributed by atoms with E-state index in [0.29, 0.717) is 11.4 Å². The minimum absolute atomic E-state index is 0.345. The zero-order valence-corrected chi connectivity index (χ0v) is 16.7. The van der Waals surface area contributed by atoms with Crippen LogP contribution in [0.3, 0.4) is 0 Å². The molecule has 0 fully saturated rings. The second-order valence-corrected chi connectivity index (χ2v) is 8.41. The fourth-order valence-electron chi connectivity index (χ4n) is 2.55. The van der Waals surface area contributed by atoms with E-state index in [1.54, 1.807) is 19.2 Å². The molecule has 0 atom stereocenters. The molecule has 142 valence electrons. The van der Waals surface area contributed by atoms with Crippen molar-refractivity contribution in [3.63, 3.8) is 0 Å². The molecule has 25 heavy (non-hydrogen) atoms. The lowest BCUT2D eigenvalue weighted by atomic mass is 10.1. The molecule has 0 radical (unpaired) electrons. The van der Waals surface area contributed by atoms with Gasteiger partial charge < -0.3 is 10.6 Å². The molecule has 0 saturated heterocycles. The van der Waals surface area contributed by atoms with Gasteiger partial charge in [0.25, 0.3) is 0 Å². The minimum atomic E-state index is -3.14. The van der Waals surface area contributed by atoms with Crippen molar-refractivity contribution in [1.82, 2.24) is 10.6 Å². The maximum Gasteiger partial charge on any atom is 0.191 e. The Morgan fingerprint density at radius 2 is 1.56 bits per heavy atom. The first-order chi connectivity index (χ1) is 12.0. The number of sulfone groups is 1. The lowest BCUT2D eigenvalue weighted by Gasteiger charge is -2.12. The molecule has 0 aliphatic heterocycles. The topological polar surface area (TPSA) is 70.6 Å². The Labute approximate surface area is 153 Å². The van der Waals surface area contributed by atoms with Crippen LogP contribution < -0.4 is 10.6 Å². The Morgan fingerprint density at radius 3 is 2.12 bits per heavy atom. The molecule has 1 aromatic carbocycles. The fourth-order valence-corrected chi connectivity index (χ4v) is 3.18. The van der Waals surface area contributed by atoms with Crippen molar-refractivity contribution >= 4 is 15.8 Å². The zero-order valence-electron chi connectivity index (χ0n) is 15.8. The van der Waals surface area contributed by atoms with E-state index in [1.807, 2.05) is 12.1 Å². The van der Waals surface area contributed by atoms with Crippen LogP contribution in [-0.2, 0) is 16.4 Å². The first-order valence-electron chi connectivity index (χ1n) is 9.21. The Bertz CT molecular complexity index is 610. The van der Waals surface area contributed by atoms with Gasteiger partial charge in [0.15, 0.2) is 15.8 Å². The maximum atomic E-state index is 11.5. The largest absolute Gasteiger partial charge is 0.356 e. The van der Waals surface area contributed by atoms with Crippen molar-refractivity contribution in [3.8, 4) is 0 Å². The summed E-state index contributed by atoms with van der Waals surface area (Å²) in [5, 5.41) is 6.57. The molecule has 1 rings (SSSR count). The third-order valence-electron chi connectivity index (χ3n) is 4.11. The molecule has 6 heteroatoms. The van der Waals surface area contributed by atoms with Gasteiger partial charge in [-0.1, -0.05) is 57.6 Å². The lowest BCUT2D eigenvalue weighted by molar-refractivity contribution is 0.583. The molecular weight excluding hydrogens is 334 g/mol. The summed E-state index contributed by atoms with van der Waals surface area (Å²) >= 11 is 0. The Hall–Kier alpha value is -1.56. The first-order valence-corrected chi connectivity index (χ1v) is 11.1. The van der Waals surface area contributed by atoms with Crippen molar-refractivity contribution in [2.24, 2.45) is 4.99 Å². The third-order valence-corrected chi connectivity index (χ3v) is 5.24. The fraction of sp³-hybridized carbons (Fsp3) is 0.632. The number of nitrogens with zero attached hydrogens (tertiary/aromatic N) is 1. The van der Waals surface area contributed by atoms with Gasteiger partial charge in [-0.05, 0) is 24.1 Å². The van der Waals surface area contributed by atoms with Gasteiger partial charge >= 0.3 is 0 Å². The van der Waals surface area contributed by atoms with Gasteiger partial charge in [0.1, 0.15) is 0 Å². The lowest BCUT2D eigenvalue weighted by Crippen LogP contribution is -2.37. The molecular formula is C19H33N3O2S. The van der Waals surface area contributed by atoms with Crippen LogP contribution in [0.25, 0.3) is 0 Å². The maximum absolute atomic E-state index is 11.5. The van der Waals surface area contributed by atoms with Gasteiger partial charge in [0.05, 0.1) is 4.90 Å². The van der Waals surface area contributed by atoms with E-state index in [9.17, 15) is 8.42 Å². The predicted octanol–water partition coefficient (Wildman–Crippen LogP) is 3.51. The summed E-state index contributed by atoms with van der Waals surface area (Å²) in [4.78, 5) is 4.56. The second-order valence-electron chi connectivity index (χ2n) is 6.39. The number of unbranched alkanes of at least 4 members (excludes halogenated alkanes) is 6. The highest BCUT2D eigenvalue weighted by molar-refractivity contribution is 7.90. The number of hydrogen-bond acceptors (Lipinski definition) is 3. The molecule has 5 nitrogen and oxygen atoms in total. The van der Waals surface area contributed by atoms with E-state index in [-0.39, 0.29) is 0 Å². The van der Waals surface area contributed by atoms with Crippen LogP contribution in [0.4, 0.5) is 0 Å². The highest BCUT2D eigenvalue weighted by Crippen LogP contribution is 2.10. The summed E-state index contributed by atoms with van der Waals surface area (Å²) in [5.41, 5.74) is 1.02. The predicted molar refractivity (Wildman–Crippen MR) is 106 cm³/mol. The van der Waals surface area contributed by atoms with E-state index in [1.165, 1.54) is 44.8 Å². The van der Waals surface area contributed by atoms with E-state index < -0.39 is 9.84 Å². The summed E-state index contributed by atoms with van der Waals surface area (Å²) in [7, 11) is -1.38. The summed E-state index contributed by atoms with van der Waals surface area (Å²) in [6, 6.07) is 6.93. The Morgan fingerprint density at radius 1 is 0.960 bits per heavy atom. The van der Waals surface area contributed by atoms with Crippen molar-refractivity contribution < 1.29 is 8.42 Å². The minimum Gasteiger partial charge on any atom is -0.356 e. The van der Waals surface area contributed by atoms with Gasteiger partial charge in [0, 0.05) is 26.4 Å². The zero-order chi connectivity index (χ0) is 18.5. The second kappa shape index (κ2) is 11.9. The molecule has 0 bridgehead atoms. The van der Waals surface area contributed by atoms with Crippen LogP contribution in [-0.4, -0.2) is 34.2 Å². The first kappa shape index (κ1) is 21.5. The molecule has 0 unspecified atom stereocenters. The smallest absolute Gasteiger partial charge is 0.191 e. The molecule has 0 aromatic heterocycles. The monoisotopic (exact) mass is 367 g/mol. The normalized spacial score (nSPS) is 12.2. The SMILES string of the molecule is CCCCCCCCCNC(=NC)NCc1ccc(S(C)(=O)=O)cc1. The number of rotatable bonds is 11. The molecule has 0 amide bonds. The Kier molecular flexibility index (Phi) is 10.2. The van der Waals surface area contributed by atoms with Crippen molar-refractivity contribution in [2.45, 2.75) is 63.3 Å². The molecule has 0 spiro atoms. The molecule has 1 aromatic rings. The van der Waals surface area contributed by atoms with E-state index >= 15 is 0 Å². The number of aliphatic imine (C=N–C) groups is 1. The molecule has 0 aliphatic rings. The molecule has 0 heterocycles. The van der Waals surface area contributed by atoms with Crippen LogP contribution >= 0.6 is 0 Å². The van der Waals surface area contributed by atoms with Crippen LogP contribution in [0, 0.1) is 0 Å². The highest BCUT2D eigenvalue weighted by atomic mass is 32.2. The number of guanidine groups is 1. The van der Waals surface area contributed by atoms with Gasteiger partial charge in [0.2, 0.25) is 0 Å². The molecule has 0 aliphatic carbocycles. The van der Waals surface area contributed by atoms with Crippen LogP contribution in [0.1, 0.15) is 57.4 Å². The summed E-state index contributed by atoms with van der Waals surface area (Å²) < 4.78 is 22.9. The van der Waals surface area contributed by atoms with Crippen molar-refractivity contribution in [2.75, 3.05) is 19.8 Å². The molecule has 0 saturated carbocycles. The van der Waals surface area contributed by atoms with Gasteiger partial charge in [-0.2, -0.15) is 0 Å². The quantitative estimate of drug-likeness (QED) is 0.357. The van der Waals surface area contributed by atoms with Gasteiger partial charge in [-0.25, -0.2) is 8.42 Å². The van der Waals surface area contributed by atoms with Crippen LogP contribution in [0.5, 0.6) is 0 Å². The summed E-state index contributed by atoms with van der Waals surface area (Å²) in [5.74, 6) is 0.776. The van der Waals surface area contributed by atoms with E-state index in [4.69, 9.17) is 0 Å². The average Bonchev–Trinajstić information content (AvgIpc) is 2.59. The van der Waals surface area contributed by atoms with E-state index in [0.717, 1.165) is 24.5 Å². The van der Waals surface area contributed by atoms with Gasteiger partial charge in [-0.3, -0.25) is 4.99 Å².